The van der Waals surface area contributed by atoms with E-state index in [4.69, 9.17) is 4.74 Å². The summed E-state index contributed by atoms with van der Waals surface area (Å²) >= 11 is 0. The molecule has 1 rings (SSSR count). The summed E-state index contributed by atoms with van der Waals surface area (Å²) < 4.78 is 5.00. The second-order valence-electron chi connectivity index (χ2n) is 3.25. The molecule has 0 aromatic heterocycles. The Bertz CT molecular complexity index is 258. The predicted octanol–water partition coefficient (Wildman–Crippen LogP) is 1.09. The maximum atomic E-state index is 9.65. The number of nitrogens with one attached hydrogen (secondary N) is 1. The van der Waals surface area contributed by atoms with E-state index in [1.54, 1.807) is 7.11 Å². The van der Waals surface area contributed by atoms with Gasteiger partial charge in [0.15, 0.2) is 0 Å². The molecule has 0 saturated heterocycles. The molecule has 0 aliphatic heterocycles. The number of rotatable bonds is 5. The molecule has 78 valence electrons. The zero-order chi connectivity index (χ0) is 10.4. The number of ether oxygens (including phenoxy) is 1. The Morgan fingerprint density at radius 1 is 1.36 bits per heavy atom. The van der Waals surface area contributed by atoms with Crippen LogP contribution in [-0.2, 0) is 11.3 Å². The van der Waals surface area contributed by atoms with Crippen molar-refractivity contribution in [3.05, 3.63) is 35.4 Å². The SMILES string of the molecule is CNCC(O)c1ccc(COC)cc1. The van der Waals surface area contributed by atoms with Crippen molar-refractivity contribution in [3.63, 3.8) is 0 Å². The third-order valence-corrected chi connectivity index (χ3v) is 2.07. The molecule has 0 fully saturated rings. The fraction of sp³-hybridized carbons (Fsp3) is 0.455. The van der Waals surface area contributed by atoms with E-state index < -0.39 is 6.10 Å². The Balaban J connectivity index is 2.62. The third kappa shape index (κ3) is 3.10. The Morgan fingerprint density at radius 3 is 2.50 bits per heavy atom. The summed E-state index contributed by atoms with van der Waals surface area (Å²) in [6.45, 7) is 1.19. The highest BCUT2D eigenvalue weighted by Crippen LogP contribution is 2.13. The van der Waals surface area contributed by atoms with Crippen LogP contribution in [0, 0.1) is 0 Å². The summed E-state index contributed by atoms with van der Waals surface area (Å²) in [5.74, 6) is 0. The molecule has 1 unspecified atom stereocenters. The fourth-order valence-electron chi connectivity index (χ4n) is 1.31. The van der Waals surface area contributed by atoms with Crippen molar-refractivity contribution in [1.29, 1.82) is 0 Å². The van der Waals surface area contributed by atoms with Gasteiger partial charge in [0, 0.05) is 13.7 Å². The van der Waals surface area contributed by atoms with Gasteiger partial charge in [-0.2, -0.15) is 0 Å². The molecular formula is C11H17NO2. The van der Waals surface area contributed by atoms with Gasteiger partial charge in [-0.25, -0.2) is 0 Å². The zero-order valence-corrected chi connectivity index (χ0v) is 8.66. The van der Waals surface area contributed by atoms with Crippen molar-refractivity contribution in [2.45, 2.75) is 12.7 Å². The van der Waals surface area contributed by atoms with E-state index in [1.165, 1.54) is 0 Å². The predicted molar refractivity (Wildman–Crippen MR) is 56.0 cm³/mol. The molecule has 3 heteroatoms. The Morgan fingerprint density at radius 2 is 2.00 bits per heavy atom. The lowest BCUT2D eigenvalue weighted by Crippen LogP contribution is -2.16. The molecule has 3 nitrogen and oxygen atoms in total. The van der Waals surface area contributed by atoms with E-state index in [2.05, 4.69) is 5.32 Å². The number of likely N-dealkylation sites (N-methyl/N-ethyl adjacent to an activating group) is 1. The highest BCUT2D eigenvalue weighted by atomic mass is 16.5. The minimum atomic E-state index is -0.434. The minimum absolute atomic E-state index is 0.434. The molecule has 0 amide bonds. The molecule has 0 radical (unpaired) electrons. The fourth-order valence-corrected chi connectivity index (χ4v) is 1.31. The van der Waals surface area contributed by atoms with Crippen LogP contribution in [0.15, 0.2) is 24.3 Å². The van der Waals surface area contributed by atoms with Crippen LogP contribution in [0.5, 0.6) is 0 Å². The number of benzene rings is 1. The van der Waals surface area contributed by atoms with E-state index in [-0.39, 0.29) is 0 Å². The molecule has 0 heterocycles. The number of hydrogen-bond acceptors (Lipinski definition) is 3. The van der Waals surface area contributed by atoms with Crippen LogP contribution in [0.1, 0.15) is 17.2 Å². The average molecular weight is 195 g/mol. The summed E-state index contributed by atoms with van der Waals surface area (Å²) in [5.41, 5.74) is 2.05. The van der Waals surface area contributed by atoms with Gasteiger partial charge in [-0.05, 0) is 18.2 Å². The molecule has 0 aliphatic rings. The number of aliphatic hydroxyl groups excluding tert-OH is 1. The van der Waals surface area contributed by atoms with Gasteiger partial charge in [0.25, 0.3) is 0 Å². The normalized spacial score (nSPS) is 12.8. The standard InChI is InChI=1S/C11H17NO2/c1-12-7-11(13)10-5-3-9(4-6-10)8-14-2/h3-6,11-13H,7-8H2,1-2H3. The van der Waals surface area contributed by atoms with E-state index in [0.29, 0.717) is 13.2 Å². The molecule has 2 N–H and O–H groups in total. The van der Waals surface area contributed by atoms with Gasteiger partial charge >= 0.3 is 0 Å². The molecule has 0 bridgehead atoms. The van der Waals surface area contributed by atoms with Crippen LogP contribution in [0.2, 0.25) is 0 Å². The van der Waals surface area contributed by atoms with Gasteiger partial charge in [-0.3, -0.25) is 0 Å². The highest BCUT2D eigenvalue weighted by Gasteiger charge is 2.05. The van der Waals surface area contributed by atoms with Gasteiger partial charge in [-0.15, -0.1) is 0 Å². The van der Waals surface area contributed by atoms with Crippen LogP contribution in [0.4, 0.5) is 0 Å². The molecular weight excluding hydrogens is 178 g/mol. The van der Waals surface area contributed by atoms with Gasteiger partial charge < -0.3 is 15.2 Å². The highest BCUT2D eigenvalue weighted by molar-refractivity contribution is 5.23. The lowest BCUT2D eigenvalue weighted by atomic mass is 10.1. The average Bonchev–Trinajstić information content (AvgIpc) is 2.20. The molecule has 0 spiro atoms. The monoisotopic (exact) mass is 195 g/mol. The quantitative estimate of drug-likeness (QED) is 0.739. The summed E-state index contributed by atoms with van der Waals surface area (Å²) in [4.78, 5) is 0. The summed E-state index contributed by atoms with van der Waals surface area (Å²) in [6.07, 6.45) is -0.434. The van der Waals surface area contributed by atoms with Gasteiger partial charge in [0.2, 0.25) is 0 Å². The van der Waals surface area contributed by atoms with Gasteiger partial charge in [-0.1, -0.05) is 24.3 Å². The van der Waals surface area contributed by atoms with E-state index >= 15 is 0 Å². The van der Waals surface area contributed by atoms with Crippen molar-refractivity contribution in [3.8, 4) is 0 Å². The van der Waals surface area contributed by atoms with E-state index in [0.717, 1.165) is 11.1 Å². The lowest BCUT2D eigenvalue weighted by molar-refractivity contribution is 0.176. The second kappa shape index (κ2) is 5.75. The van der Waals surface area contributed by atoms with Crippen LogP contribution < -0.4 is 5.32 Å². The maximum Gasteiger partial charge on any atom is 0.0914 e. The lowest BCUT2D eigenvalue weighted by Gasteiger charge is -2.10. The number of hydrogen-bond donors (Lipinski definition) is 2. The first kappa shape index (κ1) is 11.2. The van der Waals surface area contributed by atoms with Crippen molar-refractivity contribution >= 4 is 0 Å². The summed E-state index contributed by atoms with van der Waals surface area (Å²) in [7, 11) is 3.49. The van der Waals surface area contributed by atoms with Crippen LogP contribution in [-0.4, -0.2) is 25.8 Å². The minimum Gasteiger partial charge on any atom is -0.387 e. The maximum absolute atomic E-state index is 9.65. The molecule has 1 aromatic carbocycles. The molecule has 14 heavy (non-hydrogen) atoms. The Labute approximate surface area is 84.7 Å². The van der Waals surface area contributed by atoms with Crippen molar-refractivity contribution in [2.24, 2.45) is 0 Å². The number of aliphatic hydroxyl groups is 1. The largest absolute Gasteiger partial charge is 0.387 e. The van der Waals surface area contributed by atoms with Crippen molar-refractivity contribution in [2.75, 3.05) is 20.7 Å². The van der Waals surface area contributed by atoms with E-state index in [9.17, 15) is 5.11 Å². The van der Waals surface area contributed by atoms with Gasteiger partial charge in [0.1, 0.15) is 0 Å². The first-order valence-electron chi connectivity index (χ1n) is 4.68. The van der Waals surface area contributed by atoms with Crippen LogP contribution >= 0.6 is 0 Å². The summed E-state index contributed by atoms with van der Waals surface area (Å²) in [6, 6.07) is 7.79. The van der Waals surface area contributed by atoms with Gasteiger partial charge in [0.05, 0.1) is 12.7 Å². The Kier molecular flexibility index (Phi) is 4.59. The van der Waals surface area contributed by atoms with E-state index in [1.807, 2.05) is 31.3 Å². The summed E-state index contributed by atoms with van der Waals surface area (Å²) in [5, 5.41) is 12.6. The zero-order valence-electron chi connectivity index (χ0n) is 8.66. The molecule has 1 aromatic rings. The Hall–Kier alpha value is -0.900. The third-order valence-electron chi connectivity index (χ3n) is 2.07. The first-order chi connectivity index (χ1) is 6.77. The molecule has 1 atom stereocenters. The second-order valence-corrected chi connectivity index (χ2v) is 3.25. The molecule has 0 saturated carbocycles. The molecule has 0 aliphatic carbocycles. The number of methoxy groups -OCH3 is 1. The van der Waals surface area contributed by atoms with Crippen molar-refractivity contribution in [1.82, 2.24) is 5.32 Å². The van der Waals surface area contributed by atoms with Crippen LogP contribution in [0.3, 0.4) is 0 Å². The van der Waals surface area contributed by atoms with Crippen molar-refractivity contribution < 1.29 is 9.84 Å². The topological polar surface area (TPSA) is 41.5 Å². The smallest absolute Gasteiger partial charge is 0.0914 e. The first-order valence-corrected chi connectivity index (χ1v) is 4.68. The van der Waals surface area contributed by atoms with Crippen LogP contribution in [0.25, 0.3) is 0 Å².